The molecule has 2 N–H and O–H groups in total. The van der Waals surface area contributed by atoms with Crippen molar-refractivity contribution in [1.29, 1.82) is 0 Å². The van der Waals surface area contributed by atoms with Crippen LogP contribution in [-0.4, -0.2) is 45.8 Å². The third-order valence-electron chi connectivity index (χ3n) is 7.07. The van der Waals surface area contributed by atoms with Gasteiger partial charge in [-0.05, 0) is 51.0 Å². The molecule has 1 aliphatic carbocycles. The topological polar surface area (TPSA) is 98.1 Å². The molecule has 3 aliphatic rings. The van der Waals surface area contributed by atoms with Crippen LogP contribution in [0.5, 0.6) is 0 Å². The van der Waals surface area contributed by atoms with Gasteiger partial charge in [-0.3, -0.25) is 14.3 Å². The molecule has 0 radical (unpaired) electrons. The van der Waals surface area contributed by atoms with E-state index in [9.17, 15) is 9.59 Å². The Kier molecular flexibility index (Phi) is 6.64. The SMILES string of the molecule is O=C(Nc1cc(-c2cnn3c2CCCC3)c(Cl)cn1)[C@H]1CCC[C@@H](NC(=O)[C@H]2CCOC2)C1. The summed E-state index contributed by atoms with van der Waals surface area (Å²) in [6.45, 7) is 2.06. The number of fused-ring (bicyclic) bond motifs is 1. The van der Waals surface area contributed by atoms with E-state index in [1.807, 2.05) is 16.9 Å². The molecule has 0 bridgehead atoms. The van der Waals surface area contributed by atoms with Gasteiger partial charge in [-0.25, -0.2) is 4.98 Å². The zero-order valence-electron chi connectivity index (χ0n) is 18.7. The van der Waals surface area contributed by atoms with Crippen LogP contribution in [0.25, 0.3) is 11.1 Å². The molecule has 8 nitrogen and oxygen atoms in total. The Balaban J connectivity index is 1.24. The maximum absolute atomic E-state index is 13.0. The number of rotatable bonds is 5. The fraction of sp³-hybridized carbons (Fsp3) is 0.583. The Hall–Kier alpha value is -2.45. The molecule has 1 saturated carbocycles. The van der Waals surface area contributed by atoms with E-state index in [0.29, 0.717) is 30.5 Å². The van der Waals surface area contributed by atoms with Gasteiger partial charge in [0.2, 0.25) is 11.8 Å². The van der Waals surface area contributed by atoms with E-state index in [1.165, 1.54) is 5.69 Å². The molecule has 2 amide bonds. The normalized spacial score (nSPS) is 24.8. The molecule has 33 heavy (non-hydrogen) atoms. The number of pyridine rings is 1. The molecule has 9 heteroatoms. The highest BCUT2D eigenvalue weighted by atomic mass is 35.5. The standard InChI is InChI=1S/C24H30ClN5O3/c25-20-13-26-22(11-18(20)19-12-27-30-8-2-1-6-21(19)30)29-23(31)15-4-3-5-17(10-15)28-24(32)16-7-9-33-14-16/h11-13,15-17H,1-10,14H2,(H,28,32)(H,26,29,31)/t15-,16-,17+/m0/s1. The summed E-state index contributed by atoms with van der Waals surface area (Å²) in [6, 6.07) is 1.87. The Morgan fingerprint density at radius 1 is 1.06 bits per heavy atom. The van der Waals surface area contributed by atoms with Gasteiger partial charge < -0.3 is 15.4 Å². The van der Waals surface area contributed by atoms with Gasteiger partial charge in [0.25, 0.3) is 0 Å². The number of aromatic nitrogens is 3. The maximum Gasteiger partial charge on any atom is 0.228 e. The third kappa shape index (κ3) is 4.92. The van der Waals surface area contributed by atoms with Crippen LogP contribution in [0.1, 0.15) is 50.6 Å². The first-order valence-electron chi connectivity index (χ1n) is 12.0. The molecule has 2 aliphatic heterocycles. The first-order chi connectivity index (χ1) is 16.1. The van der Waals surface area contributed by atoms with E-state index in [-0.39, 0.29) is 29.7 Å². The van der Waals surface area contributed by atoms with Crippen LogP contribution in [0.3, 0.4) is 0 Å². The van der Waals surface area contributed by atoms with Gasteiger partial charge in [-0.1, -0.05) is 18.0 Å². The molecular formula is C24H30ClN5O3. The van der Waals surface area contributed by atoms with E-state index < -0.39 is 0 Å². The number of ether oxygens (including phenoxy) is 1. The predicted octanol–water partition coefficient (Wildman–Crippen LogP) is 3.58. The lowest BCUT2D eigenvalue weighted by Crippen LogP contribution is -2.43. The van der Waals surface area contributed by atoms with E-state index in [1.54, 1.807) is 6.20 Å². The molecule has 2 aromatic rings. The lowest BCUT2D eigenvalue weighted by molar-refractivity contribution is -0.127. The minimum Gasteiger partial charge on any atom is -0.381 e. The molecule has 3 atom stereocenters. The smallest absolute Gasteiger partial charge is 0.228 e. The predicted molar refractivity (Wildman–Crippen MR) is 125 cm³/mol. The van der Waals surface area contributed by atoms with E-state index in [4.69, 9.17) is 16.3 Å². The monoisotopic (exact) mass is 471 g/mol. The van der Waals surface area contributed by atoms with Crippen molar-refractivity contribution in [2.45, 2.75) is 64.0 Å². The van der Waals surface area contributed by atoms with Gasteiger partial charge >= 0.3 is 0 Å². The van der Waals surface area contributed by atoms with Crippen molar-refractivity contribution < 1.29 is 14.3 Å². The van der Waals surface area contributed by atoms with Crippen LogP contribution in [0.2, 0.25) is 5.02 Å². The van der Waals surface area contributed by atoms with Crippen molar-refractivity contribution in [3.05, 3.63) is 29.2 Å². The highest BCUT2D eigenvalue weighted by molar-refractivity contribution is 6.33. The third-order valence-corrected chi connectivity index (χ3v) is 7.37. The number of nitrogens with zero attached hydrogens (tertiary/aromatic N) is 3. The van der Waals surface area contributed by atoms with Crippen LogP contribution in [0.15, 0.2) is 18.5 Å². The van der Waals surface area contributed by atoms with Crippen molar-refractivity contribution in [3.8, 4) is 11.1 Å². The number of anilines is 1. The highest BCUT2D eigenvalue weighted by Gasteiger charge is 2.31. The molecule has 2 aromatic heterocycles. The number of carbonyl (C=O) groups is 2. The number of amides is 2. The van der Waals surface area contributed by atoms with E-state index in [0.717, 1.165) is 62.6 Å². The summed E-state index contributed by atoms with van der Waals surface area (Å²) in [5.41, 5.74) is 3.04. The number of carbonyl (C=O) groups excluding carboxylic acids is 2. The van der Waals surface area contributed by atoms with Crippen LogP contribution < -0.4 is 10.6 Å². The summed E-state index contributed by atoms with van der Waals surface area (Å²) >= 11 is 6.48. The van der Waals surface area contributed by atoms with Crippen molar-refractivity contribution in [3.63, 3.8) is 0 Å². The van der Waals surface area contributed by atoms with Crippen LogP contribution in [-0.2, 0) is 27.3 Å². The summed E-state index contributed by atoms with van der Waals surface area (Å²) < 4.78 is 7.37. The second-order valence-corrected chi connectivity index (χ2v) is 9.76. The van der Waals surface area contributed by atoms with Crippen LogP contribution in [0, 0.1) is 11.8 Å². The fourth-order valence-electron chi connectivity index (χ4n) is 5.21. The number of nitrogens with one attached hydrogen (secondary N) is 2. The van der Waals surface area contributed by atoms with Crippen molar-refractivity contribution in [1.82, 2.24) is 20.1 Å². The average Bonchev–Trinajstić information content (AvgIpc) is 3.51. The minimum atomic E-state index is -0.159. The molecule has 176 valence electrons. The molecule has 0 spiro atoms. The Labute approximate surface area is 198 Å². The van der Waals surface area contributed by atoms with Gasteiger partial charge in [-0.15, -0.1) is 0 Å². The van der Waals surface area contributed by atoms with E-state index >= 15 is 0 Å². The minimum absolute atomic E-state index is 0.0234. The number of halogens is 1. The lowest BCUT2D eigenvalue weighted by Gasteiger charge is -2.29. The first-order valence-corrected chi connectivity index (χ1v) is 12.4. The average molecular weight is 472 g/mol. The second kappa shape index (κ2) is 9.81. The van der Waals surface area contributed by atoms with Gasteiger partial charge in [0.05, 0.1) is 23.7 Å². The molecule has 4 heterocycles. The van der Waals surface area contributed by atoms with E-state index in [2.05, 4.69) is 20.7 Å². The van der Waals surface area contributed by atoms with Gasteiger partial charge in [0.1, 0.15) is 5.82 Å². The molecule has 0 aromatic carbocycles. The summed E-state index contributed by atoms with van der Waals surface area (Å²) in [4.78, 5) is 29.8. The molecular weight excluding hydrogens is 442 g/mol. The fourth-order valence-corrected chi connectivity index (χ4v) is 5.41. The maximum atomic E-state index is 13.0. The summed E-state index contributed by atoms with van der Waals surface area (Å²) in [7, 11) is 0. The van der Waals surface area contributed by atoms with Gasteiger partial charge in [0, 0.05) is 48.1 Å². The summed E-state index contributed by atoms with van der Waals surface area (Å²) in [6.07, 6.45) is 10.7. The Morgan fingerprint density at radius 2 is 1.97 bits per heavy atom. The number of hydrogen-bond acceptors (Lipinski definition) is 5. The zero-order valence-corrected chi connectivity index (χ0v) is 19.4. The molecule has 0 unspecified atom stereocenters. The number of hydrogen-bond donors (Lipinski definition) is 2. The van der Waals surface area contributed by atoms with Crippen LogP contribution in [0.4, 0.5) is 5.82 Å². The zero-order chi connectivity index (χ0) is 22.8. The Morgan fingerprint density at radius 3 is 2.82 bits per heavy atom. The molecule has 5 rings (SSSR count). The number of aryl methyl sites for hydroxylation is 1. The van der Waals surface area contributed by atoms with Crippen molar-refractivity contribution >= 4 is 29.2 Å². The summed E-state index contributed by atoms with van der Waals surface area (Å²) in [5.74, 6) is 0.256. The largest absolute Gasteiger partial charge is 0.381 e. The van der Waals surface area contributed by atoms with Crippen molar-refractivity contribution in [2.75, 3.05) is 18.5 Å². The Bertz CT molecular complexity index is 1030. The lowest BCUT2D eigenvalue weighted by atomic mass is 9.84. The molecule has 2 fully saturated rings. The van der Waals surface area contributed by atoms with Gasteiger partial charge in [-0.2, -0.15) is 5.10 Å². The quantitative estimate of drug-likeness (QED) is 0.694. The first kappa shape index (κ1) is 22.3. The summed E-state index contributed by atoms with van der Waals surface area (Å²) in [5, 5.41) is 11.2. The highest BCUT2D eigenvalue weighted by Crippen LogP contribution is 2.34. The van der Waals surface area contributed by atoms with Crippen LogP contribution >= 0.6 is 11.6 Å². The second-order valence-electron chi connectivity index (χ2n) is 9.35. The molecule has 1 saturated heterocycles. The van der Waals surface area contributed by atoms with Gasteiger partial charge in [0.15, 0.2) is 0 Å². The van der Waals surface area contributed by atoms with Crippen molar-refractivity contribution in [2.24, 2.45) is 11.8 Å².